The van der Waals surface area contributed by atoms with E-state index in [4.69, 9.17) is 12.2 Å². The Morgan fingerprint density at radius 3 is 2.52 bits per heavy atom. The van der Waals surface area contributed by atoms with E-state index < -0.39 is 4.92 Å². The summed E-state index contributed by atoms with van der Waals surface area (Å²) < 4.78 is 0. The first-order valence-electron chi connectivity index (χ1n) is 7.13. The summed E-state index contributed by atoms with van der Waals surface area (Å²) in [5.74, 6) is 0. The second-order valence-electron chi connectivity index (χ2n) is 5.11. The van der Waals surface area contributed by atoms with Gasteiger partial charge in [-0.05, 0) is 43.7 Å². The first kappa shape index (κ1) is 15.7. The predicted octanol–water partition coefficient (Wildman–Crippen LogP) is 2.37. The lowest BCUT2D eigenvalue weighted by Crippen LogP contribution is -2.45. The van der Waals surface area contributed by atoms with E-state index in [2.05, 4.69) is 22.5 Å². The summed E-state index contributed by atoms with van der Waals surface area (Å²) in [5.41, 5.74) is 0.829. The van der Waals surface area contributed by atoms with Crippen molar-refractivity contribution < 1.29 is 4.92 Å². The normalized spacial score (nSPS) is 16.4. The number of rotatable bonds is 4. The van der Waals surface area contributed by atoms with Gasteiger partial charge in [-0.15, -0.1) is 0 Å². The largest absolute Gasteiger partial charge is 0.360 e. The fourth-order valence-corrected chi connectivity index (χ4v) is 2.70. The average Bonchev–Trinajstić information content (AvgIpc) is 2.48. The van der Waals surface area contributed by atoms with E-state index in [1.165, 1.54) is 12.1 Å². The van der Waals surface area contributed by atoms with Gasteiger partial charge in [0.05, 0.1) is 4.92 Å². The lowest BCUT2D eigenvalue weighted by Gasteiger charge is -2.32. The Bertz CT molecular complexity index is 498. The van der Waals surface area contributed by atoms with Gasteiger partial charge >= 0.3 is 0 Å². The van der Waals surface area contributed by atoms with E-state index in [-0.39, 0.29) is 5.69 Å². The van der Waals surface area contributed by atoms with E-state index in [0.29, 0.717) is 11.2 Å². The van der Waals surface area contributed by atoms with Crippen LogP contribution in [0.15, 0.2) is 24.3 Å². The molecular weight excluding hydrogens is 288 g/mol. The van der Waals surface area contributed by atoms with Crippen LogP contribution >= 0.6 is 12.2 Å². The molecule has 0 aliphatic carbocycles. The van der Waals surface area contributed by atoms with Crippen molar-refractivity contribution in [1.82, 2.24) is 10.2 Å². The lowest BCUT2D eigenvalue weighted by molar-refractivity contribution is -0.384. The van der Waals surface area contributed by atoms with Gasteiger partial charge in [-0.2, -0.15) is 0 Å². The second-order valence-corrected chi connectivity index (χ2v) is 5.52. The summed E-state index contributed by atoms with van der Waals surface area (Å²) in [6.45, 7) is 5.45. The van der Waals surface area contributed by atoms with Gasteiger partial charge in [0.2, 0.25) is 0 Å². The van der Waals surface area contributed by atoms with Crippen molar-refractivity contribution in [1.29, 1.82) is 0 Å². The van der Waals surface area contributed by atoms with Gasteiger partial charge in [0.15, 0.2) is 5.11 Å². The third kappa shape index (κ3) is 4.64. The number of hydrogen-bond donors (Lipinski definition) is 2. The molecule has 1 saturated heterocycles. The van der Waals surface area contributed by atoms with Crippen molar-refractivity contribution >= 4 is 28.7 Å². The summed E-state index contributed by atoms with van der Waals surface area (Å²) in [6.07, 6.45) is 2.16. The number of hydrogen-bond acceptors (Lipinski definition) is 4. The highest BCUT2D eigenvalue weighted by Gasteiger charge is 2.18. The van der Waals surface area contributed by atoms with Crippen LogP contribution in [0.5, 0.6) is 0 Å². The Labute approximate surface area is 129 Å². The number of likely N-dealkylation sites (tertiary alicyclic amines) is 1. The SMILES string of the molecule is CCN1CCC(NC(=S)Nc2ccc([N+](=O)[O-])cc2)CC1. The number of piperidine rings is 1. The number of thiocarbonyl (C=S) groups is 1. The van der Waals surface area contributed by atoms with Crippen molar-refractivity contribution in [3.8, 4) is 0 Å². The Morgan fingerprint density at radius 2 is 2.00 bits per heavy atom. The Balaban J connectivity index is 1.80. The molecule has 0 spiro atoms. The van der Waals surface area contributed by atoms with Crippen LogP contribution in [0.25, 0.3) is 0 Å². The standard InChI is InChI=1S/C14H20N4O2S/c1-2-17-9-7-12(8-10-17)16-14(21)15-11-3-5-13(6-4-11)18(19)20/h3-6,12H,2,7-10H2,1H3,(H2,15,16,21). The molecule has 0 atom stereocenters. The number of benzene rings is 1. The van der Waals surface area contributed by atoms with E-state index >= 15 is 0 Å². The molecule has 7 heteroatoms. The highest BCUT2D eigenvalue weighted by molar-refractivity contribution is 7.80. The average molecular weight is 308 g/mol. The Hall–Kier alpha value is -1.73. The fraction of sp³-hybridized carbons (Fsp3) is 0.500. The molecule has 1 aliphatic heterocycles. The molecule has 0 unspecified atom stereocenters. The minimum Gasteiger partial charge on any atom is -0.360 e. The molecule has 21 heavy (non-hydrogen) atoms. The zero-order valence-electron chi connectivity index (χ0n) is 12.0. The maximum Gasteiger partial charge on any atom is 0.269 e. The molecule has 0 bridgehead atoms. The highest BCUT2D eigenvalue weighted by atomic mass is 32.1. The van der Waals surface area contributed by atoms with Gasteiger partial charge in [-0.3, -0.25) is 10.1 Å². The fourth-order valence-electron chi connectivity index (χ4n) is 2.41. The van der Waals surface area contributed by atoms with E-state index in [1.54, 1.807) is 12.1 Å². The summed E-state index contributed by atoms with van der Waals surface area (Å²) >= 11 is 5.29. The number of nitro benzene ring substituents is 1. The quantitative estimate of drug-likeness (QED) is 0.505. The maximum atomic E-state index is 10.6. The molecule has 1 aromatic carbocycles. The van der Waals surface area contributed by atoms with Gasteiger partial charge in [-0.1, -0.05) is 6.92 Å². The van der Waals surface area contributed by atoms with Gasteiger partial charge in [0.1, 0.15) is 0 Å². The molecule has 114 valence electrons. The van der Waals surface area contributed by atoms with Crippen LogP contribution in [-0.4, -0.2) is 40.6 Å². The van der Waals surface area contributed by atoms with Crippen molar-refractivity contribution in [2.75, 3.05) is 25.0 Å². The van der Waals surface area contributed by atoms with Crippen LogP contribution in [0.1, 0.15) is 19.8 Å². The monoisotopic (exact) mass is 308 g/mol. The maximum absolute atomic E-state index is 10.6. The molecule has 1 aliphatic rings. The number of nitro groups is 1. The minimum absolute atomic E-state index is 0.0753. The van der Waals surface area contributed by atoms with E-state index in [1.807, 2.05) is 0 Å². The summed E-state index contributed by atoms with van der Waals surface area (Å²) in [5, 5.41) is 17.5. The molecule has 0 radical (unpaired) electrons. The van der Waals surface area contributed by atoms with Crippen LogP contribution < -0.4 is 10.6 Å². The van der Waals surface area contributed by atoms with E-state index in [9.17, 15) is 10.1 Å². The summed E-state index contributed by atoms with van der Waals surface area (Å²) in [4.78, 5) is 12.6. The zero-order valence-corrected chi connectivity index (χ0v) is 12.9. The van der Waals surface area contributed by atoms with Crippen LogP contribution in [0.4, 0.5) is 11.4 Å². The van der Waals surface area contributed by atoms with Crippen LogP contribution in [0.3, 0.4) is 0 Å². The van der Waals surface area contributed by atoms with Gasteiger partial charge in [0, 0.05) is 37.0 Å². The molecule has 0 saturated carbocycles. The van der Waals surface area contributed by atoms with Crippen molar-refractivity contribution in [2.24, 2.45) is 0 Å². The van der Waals surface area contributed by atoms with Crippen molar-refractivity contribution in [3.63, 3.8) is 0 Å². The molecule has 6 nitrogen and oxygen atoms in total. The van der Waals surface area contributed by atoms with Crippen LogP contribution in [-0.2, 0) is 0 Å². The topological polar surface area (TPSA) is 70.4 Å². The molecule has 2 N–H and O–H groups in total. The molecular formula is C14H20N4O2S. The molecule has 2 rings (SSSR count). The Kier molecular flexibility index (Phi) is 5.46. The first-order valence-corrected chi connectivity index (χ1v) is 7.53. The van der Waals surface area contributed by atoms with Gasteiger partial charge < -0.3 is 15.5 Å². The number of anilines is 1. The van der Waals surface area contributed by atoms with E-state index in [0.717, 1.165) is 38.2 Å². The highest BCUT2D eigenvalue weighted by Crippen LogP contribution is 2.15. The smallest absolute Gasteiger partial charge is 0.269 e. The zero-order chi connectivity index (χ0) is 15.2. The second kappa shape index (κ2) is 7.33. The number of nitrogens with zero attached hydrogens (tertiary/aromatic N) is 2. The molecule has 1 aromatic rings. The third-order valence-corrected chi connectivity index (χ3v) is 3.93. The summed E-state index contributed by atoms with van der Waals surface area (Å²) in [6, 6.07) is 6.64. The van der Waals surface area contributed by atoms with Crippen molar-refractivity contribution in [2.45, 2.75) is 25.8 Å². The van der Waals surface area contributed by atoms with Gasteiger partial charge in [0.25, 0.3) is 5.69 Å². The molecule has 0 amide bonds. The van der Waals surface area contributed by atoms with Crippen LogP contribution in [0, 0.1) is 10.1 Å². The predicted molar refractivity (Wildman–Crippen MR) is 87.6 cm³/mol. The van der Waals surface area contributed by atoms with Gasteiger partial charge in [-0.25, -0.2) is 0 Å². The minimum atomic E-state index is -0.415. The van der Waals surface area contributed by atoms with Crippen molar-refractivity contribution in [3.05, 3.63) is 34.4 Å². The lowest BCUT2D eigenvalue weighted by atomic mass is 10.1. The summed E-state index contributed by atoms with van der Waals surface area (Å²) in [7, 11) is 0. The Morgan fingerprint density at radius 1 is 1.38 bits per heavy atom. The molecule has 1 heterocycles. The molecule has 1 fully saturated rings. The third-order valence-electron chi connectivity index (χ3n) is 3.71. The molecule has 0 aromatic heterocycles. The first-order chi connectivity index (χ1) is 10.1. The number of non-ortho nitro benzene ring substituents is 1. The number of nitrogens with one attached hydrogen (secondary N) is 2. The van der Waals surface area contributed by atoms with Crippen LogP contribution in [0.2, 0.25) is 0 Å².